The van der Waals surface area contributed by atoms with Gasteiger partial charge >= 0.3 is 5.97 Å². The van der Waals surface area contributed by atoms with E-state index in [1.807, 2.05) is 0 Å². The van der Waals surface area contributed by atoms with Crippen molar-refractivity contribution < 1.29 is 24.5 Å². The van der Waals surface area contributed by atoms with E-state index in [0.717, 1.165) is 0 Å². The molecular formula is C10H18O5. The number of aliphatic hydroxyl groups is 2. The van der Waals surface area contributed by atoms with Crippen LogP contribution in [-0.4, -0.2) is 42.8 Å². The smallest absolute Gasteiger partial charge is 0.311 e. The Morgan fingerprint density at radius 1 is 1.47 bits per heavy atom. The summed E-state index contributed by atoms with van der Waals surface area (Å²) in [7, 11) is 2.71. The Bertz CT molecular complexity index is 218. The summed E-state index contributed by atoms with van der Waals surface area (Å²) < 4.78 is 9.36. The van der Waals surface area contributed by atoms with Crippen molar-refractivity contribution in [2.24, 2.45) is 11.8 Å². The molecule has 1 aliphatic rings. The topological polar surface area (TPSA) is 76.0 Å². The van der Waals surface area contributed by atoms with E-state index in [4.69, 9.17) is 4.74 Å². The summed E-state index contributed by atoms with van der Waals surface area (Å²) in [5.41, 5.74) is 0. The standard InChI is InChI=1S/C10H18O5/c1-14-8(12)5-6-3-4-7(11)9(6)10(13)15-2/h6-9,11-12H,3-5H2,1-2H3. The van der Waals surface area contributed by atoms with Crippen LogP contribution in [0.1, 0.15) is 19.3 Å². The van der Waals surface area contributed by atoms with Crippen molar-refractivity contribution in [3.63, 3.8) is 0 Å². The van der Waals surface area contributed by atoms with Crippen molar-refractivity contribution >= 4 is 5.97 Å². The van der Waals surface area contributed by atoms with Crippen molar-refractivity contribution in [3.8, 4) is 0 Å². The van der Waals surface area contributed by atoms with Gasteiger partial charge in [-0.25, -0.2) is 0 Å². The third-order valence-electron chi connectivity index (χ3n) is 3.01. The fourth-order valence-electron chi connectivity index (χ4n) is 2.16. The van der Waals surface area contributed by atoms with Crippen LogP contribution in [0.15, 0.2) is 0 Å². The Morgan fingerprint density at radius 3 is 2.67 bits per heavy atom. The molecule has 0 aromatic rings. The normalized spacial score (nSPS) is 32.7. The van der Waals surface area contributed by atoms with Crippen LogP contribution in [0.25, 0.3) is 0 Å². The second-order valence-electron chi connectivity index (χ2n) is 3.88. The fourth-order valence-corrected chi connectivity index (χ4v) is 2.16. The first-order valence-electron chi connectivity index (χ1n) is 5.07. The average molecular weight is 218 g/mol. The Labute approximate surface area is 89.0 Å². The molecule has 4 unspecified atom stereocenters. The van der Waals surface area contributed by atoms with Crippen LogP contribution in [-0.2, 0) is 14.3 Å². The molecule has 1 aliphatic carbocycles. The van der Waals surface area contributed by atoms with Crippen LogP contribution in [0.4, 0.5) is 0 Å². The lowest BCUT2D eigenvalue weighted by Gasteiger charge is -2.21. The SMILES string of the molecule is COC(=O)C1C(O)CCC1CC(O)OC. The van der Waals surface area contributed by atoms with Crippen molar-refractivity contribution in [2.45, 2.75) is 31.7 Å². The van der Waals surface area contributed by atoms with E-state index in [-0.39, 0.29) is 5.92 Å². The Hall–Kier alpha value is -0.650. The zero-order valence-electron chi connectivity index (χ0n) is 9.05. The van der Waals surface area contributed by atoms with Gasteiger partial charge in [-0.15, -0.1) is 0 Å². The lowest BCUT2D eigenvalue weighted by Crippen LogP contribution is -2.31. The molecule has 0 aromatic heterocycles. The first-order valence-corrected chi connectivity index (χ1v) is 5.07. The minimum atomic E-state index is -0.882. The first-order chi connectivity index (χ1) is 7.10. The van der Waals surface area contributed by atoms with Gasteiger partial charge in [0.05, 0.1) is 19.1 Å². The predicted molar refractivity (Wildman–Crippen MR) is 51.9 cm³/mol. The van der Waals surface area contributed by atoms with Crippen molar-refractivity contribution in [2.75, 3.05) is 14.2 Å². The minimum absolute atomic E-state index is 0.0672. The van der Waals surface area contributed by atoms with E-state index >= 15 is 0 Å². The van der Waals surface area contributed by atoms with Crippen LogP contribution in [0.2, 0.25) is 0 Å². The molecule has 1 rings (SSSR count). The van der Waals surface area contributed by atoms with E-state index in [0.29, 0.717) is 19.3 Å². The van der Waals surface area contributed by atoms with Crippen molar-refractivity contribution in [1.82, 2.24) is 0 Å². The van der Waals surface area contributed by atoms with Gasteiger partial charge in [-0.3, -0.25) is 4.79 Å². The van der Waals surface area contributed by atoms with Gasteiger partial charge in [0.25, 0.3) is 0 Å². The summed E-state index contributed by atoms with van der Waals surface area (Å²) in [5.74, 6) is -1.00. The maximum Gasteiger partial charge on any atom is 0.311 e. The summed E-state index contributed by atoms with van der Waals surface area (Å²) >= 11 is 0. The summed E-state index contributed by atoms with van der Waals surface area (Å²) in [6.45, 7) is 0. The molecule has 0 amide bonds. The molecule has 5 heteroatoms. The molecule has 1 saturated carbocycles. The predicted octanol–water partition coefficient (Wildman–Crippen LogP) is -0.0986. The van der Waals surface area contributed by atoms with Crippen LogP contribution < -0.4 is 0 Å². The maximum absolute atomic E-state index is 11.4. The van der Waals surface area contributed by atoms with Crippen LogP contribution in [0.5, 0.6) is 0 Å². The third kappa shape index (κ3) is 2.90. The Kier molecular flexibility index (Phi) is 4.50. The summed E-state index contributed by atoms with van der Waals surface area (Å²) in [4.78, 5) is 11.4. The third-order valence-corrected chi connectivity index (χ3v) is 3.01. The lowest BCUT2D eigenvalue weighted by atomic mass is 9.91. The van der Waals surface area contributed by atoms with Crippen LogP contribution in [0, 0.1) is 11.8 Å². The molecule has 0 aromatic carbocycles. The van der Waals surface area contributed by atoms with Crippen molar-refractivity contribution in [1.29, 1.82) is 0 Å². The summed E-state index contributed by atoms with van der Waals surface area (Å²) in [6.07, 6.45) is 0.0918. The fraction of sp³-hybridized carbons (Fsp3) is 0.900. The van der Waals surface area contributed by atoms with Crippen LogP contribution >= 0.6 is 0 Å². The molecule has 0 bridgehead atoms. The number of ether oxygens (including phenoxy) is 2. The van der Waals surface area contributed by atoms with Gasteiger partial charge < -0.3 is 19.7 Å². The first kappa shape index (κ1) is 12.4. The number of hydrogen-bond donors (Lipinski definition) is 2. The second-order valence-corrected chi connectivity index (χ2v) is 3.88. The zero-order valence-corrected chi connectivity index (χ0v) is 9.05. The van der Waals surface area contributed by atoms with Gasteiger partial charge in [-0.1, -0.05) is 0 Å². The second kappa shape index (κ2) is 5.44. The quantitative estimate of drug-likeness (QED) is 0.509. The number of carbonyl (C=O) groups excluding carboxylic acids is 1. The van der Waals surface area contributed by atoms with Gasteiger partial charge in [-0.2, -0.15) is 0 Å². The molecule has 15 heavy (non-hydrogen) atoms. The monoisotopic (exact) mass is 218 g/mol. The van der Waals surface area contributed by atoms with Gasteiger partial charge in [-0.05, 0) is 18.8 Å². The molecular weight excluding hydrogens is 200 g/mol. The number of methoxy groups -OCH3 is 2. The number of rotatable bonds is 4. The molecule has 0 spiro atoms. The number of hydrogen-bond acceptors (Lipinski definition) is 5. The molecule has 88 valence electrons. The van der Waals surface area contributed by atoms with Gasteiger partial charge in [0.1, 0.15) is 0 Å². The molecule has 0 aliphatic heterocycles. The number of esters is 1. The maximum atomic E-state index is 11.4. The van der Waals surface area contributed by atoms with Gasteiger partial charge in [0.15, 0.2) is 6.29 Å². The highest BCUT2D eigenvalue weighted by atomic mass is 16.6. The largest absolute Gasteiger partial charge is 0.469 e. The zero-order chi connectivity index (χ0) is 11.4. The Morgan fingerprint density at radius 2 is 2.13 bits per heavy atom. The number of carbonyl (C=O) groups is 1. The average Bonchev–Trinajstić information content (AvgIpc) is 2.58. The number of aliphatic hydroxyl groups excluding tert-OH is 2. The highest BCUT2D eigenvalue weighted by molar-refractivity contribution is 5.73. The highest BCUT2D eigenvalue weighted by Crippen LogP contribution is 2.36. The summed E-state index contributed by atoms with van der Waals surface area (Å²) in [6, 6.07) is 0. The van der Waals surface area contributed by atoms with Gasteiger partial charge in [0, 0.05) is 13.5 Å². The molecule has 5 nitrogen and oxygen atoms in total. The van der Waals surface area contributed by atoms with E-state index in [9.17, 15) is 15.0 Å². The van der Waals surface area contributed by atoms with Gasteiger partial charge in [0.2, 0.25) is 0 Å². The van der Waals surface area contributed by atoms with E-state index in [1.54, 1.807) is 0 Å². The highest BCUT2D eigenvalue weighted by Gasteiger charge is 2.41. The molecule has 2 N–H and O–H groups in total. The Balaban J connectivity index is 2.59. The minimum Gasteiger partial charge on any atom is -0.469 e. The molecule has 0 radical (unpaired) electrons. The summed E-state index contributed by atoms with van der Waals surface area (Å²) in [5, 5.41) is 18.9. The molecule has 4 atom stereocenters. The van der Waals surface area contributed by atoms with Crippen LogP contribution in [0.3, 0.4) is 0 Å². The molecule has 0 saturated heterocycles. The van der Waals surface area contributed by atoms with Crippen molar-refractivity contribution in [3.05, 3.63) is 0 Å². The van der Waals surface area contributed by atoms with E-state index < -0.39 is 24.3 Å². The van der Waals surface area contributed by atoms with E-state index in [2.05, 4.69) is 4.74 Å². The van der Waals surface area contributed by atoms with E-state index in [1.165, 1.54) is 14.2 Å². The molecule has 0 heterocycles. The molecule has 1 fully saturated rings. The lowest BCUT2D eigenvalue weighted by molar-refractivity contribution is -0.152.